The van der Waals surface area contributed by atoms with E-state index in [0.29, 0.717) is 18.6 Å². The van der Waals surface area contributed by atoms with Crippen LogP contribution in [0, 0.1) is 0 Å². The molecule has 0 spiro atoms. The largest absolute Gasteiger partial charge is 0.457 e. The van der Waals surface area contributed by atoms with Crippen molar-refractivity contribution in [2.45, 2.75) is 19.4 Å². The summed E-state index contributed by atoms with van der Waals surface area (Å²) >= 11 is 0. The summed E-state index contributed by atoms with van der Waals surface area (Å²) in [4.78, 5) is 11.9. The second kappa shape index (κ2) is 6.28. The molecule has 2 aromatic carbocycles. The zero-order valence-corrected chi connectivity index (χ0v) is 13.0. The van der Waals surface area contributed by atoms with Gasteiger partial charge in [-0.3, -0.25) is 4.79 Å². The number of benzene rings is 2. The third-order valence-corrected chi connectivity index (χ3v) is 3.91. The van der Waals surface area contributed by atoms with Crippen LogP contribution in [0.3, 0.4) is 0 Å². The first kappa shape index (κ1) is 14.6. The predicted octanol–water partition coefficient (Wildman–Crippen LogP) is 3.84. The Labute approximate surface area is 138 Å². The van der Waals surface area contributed by atoms with Crippen molar-refractivity contribution >= 4 is 16.9 Å². The van der Waals surface area contributed by atoms with Gasteiger partial charge in [0, 0.05) is 11.8 Å². The highest BCUT2D eigenvalue weighted by molar-refractivity contribution is 5.77. The molecule has 0 radical (unpaired) electrons. The van der Waals surface area contributed by atoms with Crippen LogP contribution in [0.4, 0.5) is 0 Å². The monoisotopic (exact) mass is 324 g/mol. The molecule has 5 heteroatoms. The molecular formula is C19H16O5. The fourth-order valence-electron chi connectivity index (χ4n) is 2.67. The molecule has 0 amide bonds. The Morgan fingerprint density at radius 1 is 1.04 bits per heavy atom. The average molecular weight is 324 g/mol. The fourth-order valence-corrected chi connectivity index (χ4v) is 2.67. The van der Waals surface area contributed by atoms with Gasteiger partial charge in [-0.15, -0.1) is 0 Å². The average Bonchev–Trinajstić information content (AvgIpc) is 3.23. The molecule has 0 aliphatic carbocycles. The number of fused-ring (bicyclic) bond motifs is 2. The molecule has 0 bridgehead atoms. The van der Waals surface area contributed by atoms with Crippen molar-refractivity contribution in [3.63, 3.8) is 0 Å². The van der Waals surface area contributed by atoms with Crippen LogP contribution in [0.1, 0.15) is 17.7 Å². The first-order chi connectivity index (χ1) is 11.8. The molecular weight excluding hydrogens is 308 g/mol. The maximum atomic E-state index is 11.9. The quantitative estimate of drug-likeness (QED) is 0.667. The summed E-state index contributed by atoms with van der Waals surface area (Å²) in [6.07, 6.45) is 0.898. The number of ether oxygens (including phenoxy) is 3. The molecule has 0 unspecified atom stereocenters. The highest BCUT2D eigenvalue weighted by atomic mass is 16.7. The summed E-state index contributed by atoms with van der Waals surface area (Å²) in [5, 5.41) is 1.00. The molecule has 0 atom stereocenters. The summed E-state index contributed by atoms with van der Waals surface area (Å²) in [6, 6.07) is 15.3. The number of furan rings is 1. The fraction of sp³-hybridized carbons (Fsp3) is 0.211. The lowest BCUT2D eigenvalue weighted by atomic mass is 10.1. The molecule has 3 aromatic rings. The van der Waals surface area contributed by atoms with Gasteiger partial charge in [-0.25, -0.2) is 0 Å². The van der Waals surface area contributed by atoms with E-state index >= 15 is 0 Å². The number of rotatable bonds is 5. The molecule has 1 aromatic heterocycles. The van der Waals surface area contributed by atoms with Gasteiger partial charge in [-0.2, -0.15) is 0 Å². The lowest BCUT2D eigenvalue weighted by molar-refractivity contribution is -0.145. The Hall–Kier alpha value is -2.95. The Balaban J connectivity index is 1.30. The number of carbonyl (C=O) groups excluding carboxylic acids is 1. The van der Waals surface area contributed by atoms with Gasteiger partial charge in [0.2, 0.25) is 6.79 Å². The van der Waals surface area contributed by atoms with Gasteiger partial charge < -0.3 is 18.6 Å². The zero-order chi connectivity index (χ0) is 16.4. The minimum atomic E-state index is -0.256. The van der Waals surface area contributed by atoms with Gasteiger partial charge in [0.15, 0.2) is 11.5 Å². The minimum absolute atomic E-state index is 0.147. The van der Waals surface area contributed by atoms with Gasteiger partial charge in [0.1, 0.15) is 18.0 Å². The van der Waals surface area contributed by atoms with Crippen molar-refractivity contribution in [1.29, 1.82) is 0 Å². The van der Waals surface area contributed by atoms with E-state index < -0.39 is 0 Å². The van der Waals surface area contributed by atoms with Crippen molar-refractivity contribution < 1.29 is 23.4 Å². The Morgan fingerprint density at radius 3 is 2.83 bits per heavy atom. The van der Waals surface area contributed by atoms with Gasteiger partial charge in [0.05, 0.1) is 0 Å². The van der Waals surface area contributed by atoms with Crippen LogP contribution in [0.5, 0.6) is 11.5 Å². The van der Waals surface area contributed by atoms with Crippen molar-refractivity contribution in [3.8, 4) is 11.5 Å². The molecule has 0 N–H and O–H groups in total. The third kappa shape index (κ3) is 3.06. The van der Waals surface area contributed by atoms with Crippen LogP contribution in [0.25, 0.3) is 11.0 Å². The van der Waals surface area contributed by atoms with Crippen molar-refractivity contribution in [2.75, 3.05) is 6.79 Å². The van der Waals surface area contributed by atoms with Crippen LogP contribution in [0.2, 0.25) is 0 Å². The van der Waals surface area contributed by atoms with E-state index in [1.54, 1.807) is 0 Å². The number of esters is 1. The third-order valence-electron chi connectivity index (χ3n) is 3.91. The molecule has 0 saturated carbocycles. The van der Waals surface area contributed by atoms with E-state index in [1.807, 2.05) is 48.5 Å². The molecule has 1 aliphatic rings. The first-order valence-corrected chi connectivity index (χ1v) is 7.79. The maximum Gasteiger partial charge on any atom is 0.306 e. The summed E-state index contributed by atoms with van der Waals surface area (Å²) in [7, 11) is 0. The van der Waals surface area contributed by atoms with E-state index in [0.717, 1.165) is 28.0 Å². The highest BCUT2D eigenvalue weighted by Crippen LogP contribution is 2.32. The Bertz CT molecular complexity index is 847. The Morgan fingerprint density at radius 2 is 1.92 bits per heavy atom. The topological polar surface area (TPSA) is 57.9 Å². The smallest absolute Gasteiger partial charge is 0.306 e. The molecule has 24 heavy (non-hydrogen) atoms. The van der Waals surface area contributed by atoms with E-state index in [2.05, 4.69) is 0 Å². The van der Waals surface area contributed by atoms with Gasteiger partial charge in [0.25, 0.3) is 0 Å². The molecule has 2 heterocycles. The number of hydrogen-bond donors (Lipinski definition) is 0. The lowest BCUT2D eigenvalue weighted by Gasteiger charge is -2.04. The van der Waals surface area contributed by atoms with Crippen LogP contribution >= 0.6 is 0 Å². The van der Waals surface area contributed by atoms with E-state index in [4.69, 9.17) is 18.6 Å². The molecule has 4 rings (SSSR count). The molecule has 122 valence electrons. The Kier molecular flexibility index (Phi) is 3.83. The van der Waals surface area contributed by atoms with E-state index in [9.17, 15) is 4.79 Å². The first-order valence-electron chi connectivity index (χ1n) is 7.79. The van der Waals surface area contributed by atoms with E-state index in [-0.39, 0.29) is 19.4 Å². The van der Waals surface area contributed by atoms with Crippen LogP contribution in [-0.4, -0.2) is 12.8 Å². The summed E-state index contributed by atoms with van der Waals surface area (Å²) in [6.45, 7) is 0.396. The van der Waals surface area contributed by atoms with E-state index in [1.165, 1.54) is 0 Å². The van der Waals surface area contributed by atoms with Crippen molar-refractivity contribution in [1.82, 2.24) is 0 Å². The number of para-hydroxylation sites is 1. The normalized spacial score (nSPS) is 12.5. The summed E-state index contributed by atoms with van der Waals surface area (Å²) < 4.78 is 21.5. The summed E-state index contributed by atoms with van der Waals surface area (Å²) in [5.74, 6) is 1.86. The predicted molar refractivity (Wildman–Crippen MR) is 86.9 cm³/mol. The zero-order valence-electron chi connectivity index (χ0n) is 13.0. The molecule has 5 nitrogen and oxygen atoms in total. The van der Waals surface area contributed by atoms with Crippen LogP contribution in [0.15, 0.2) is 52.9 Å². The molecule has 0 saturated heterocycles. The highest BCUT2D eigenvalue weighted by Gasteiger charge is 2.14. The van der Waals surface area contributed by atoms with Crippen molar-refractivity contribution in [2.24, 2.45) is 0 Å². The summed E-state index contributed by atoms with van der Waals surface area (Å²) in [5.41, 5.74) is 1.81. The van der Waals surface area contributed by atoms with Gasteiger partial charge in [-0.05, 0) is 36.2 Å². The molecule has 1 aliphatic heterocycles. The number of carbonyl (C=O) groups is 1. The standard InChI is InChI=1S/C19H16O5/c20-19(8-6-13-5-7-17-18(9-13)23-12-22-17)21-11-15-10-14-3-1-2-4-16(14)24-15/h1-5,7,9-10H,6,8,11-12H2. The maximum absolute atomic E-state index is 11.9. The minimum Gasteiger partial charge on any atom is -0.457 e. The van der Waals surface area contributed by atoms with Gasteiger partial charge in [-0.1, -0.05) is 24.3 Å². The number of aryl methyl sites for hydroxylation is 1. The lowest BCUT2D eigenvalue weighted by Crippen LogP contribution is -2.05. The second-order valence-electron chi connectivity index (χ2n) is 5.60. The van der Waals surface area contributed by atoms with Gasteiger partial charge >= 0.3 is 5.97 Å². The number of hydrogen-bond acceptors (Lipinski definition) is 5. The SMILES string of the molecule is O=C(CCc1ccc2c(c1)OCO2)OCc1cc2ccccc2o1. The van der Waals surface area contributed by atoms with Crippen LogP contribution in [-0.2, 0) is 22.6 Å². The second-order valence-corrected chi connectivity index (χ2v) is 5.60. The van der Waals surface area contributed by atoms with Crippen molar-refractivity contribution in [3.05, 3.63) is 59.9 Å². The van der Waals surface area contributed by atoms with Crippen LogP contribution < -0.4 is 9.47 Å². The molecule has 0 fully saturated rings.